The molecule has 35 heavy (non-hydrogen) atoms. The zero-order chi connectivity index (χ0) is 24.0. The monoisotopic (exact) mass is 487 g/mol. The van der Waals surface area contributed by atoms with E-state index in [1.807, 2.05) is 30.5 Å². The molecule has 5 rings (SSSR count). The molecule has 2 heterocycles. The maximum absolute atomic E-state index is 6.14. The molecule has 0 aliphatic carbocycles. The van der Waals surface area contributed by atoms with E-state index in [2.05, 4.69) is 64.9 Å². The van der Waals surface area contributed by atoms with E-state index in [9.17, 15) is 0 Å². The predicted molar refractivity (Wildman–Crippen MR) is 140 cm³/mol. The number of ether oxygens (including phenoxy) is 2. The molecule has 0 unspecified atom stereocenters. The summed E-state index contributed by atoms with van der Waals surface area (Å²) in [5.74, 6) is 2.65. The van der Waals surface area contributed by atoms with Gasteiger partial charge in [-0.2, -0.15) is 0 Å². The second-order valence-corrected chi connectivity index (χ2v) is 9.34. The van der Waals surface area contributed by atoms with Gasteiger partial charge in [0.2, 0.25) is 6.79 Å². The van der Waals surface area contributed by atoms with Crippen LogP contribution in [-0.4, -0.2) is 21.2 Å². The van der Waals surface area contributed by atoms with Crippen LogP contribution in [0, 0.1) is 0 Å². The van der Waals surface area contributed by atoms with Gasteiger partial charge in [-0.05, 0) is 41.8 Å². The third kappa shape index (κ3) is 5.69. The number of unbranched alkanes of at least 4 members (excludes halogenated alkanes) is 1. The molecule has 1 aromatic heterocycles. The Morgan fingerprint density at radius 1 is 0.886 bits per heavy atom. The van der Waals surface area contributed by atoms with Crippen molar-refractivity contribution in [3.8, 4) is 22.9 Å². The highest BCUT2D eigenvalue weighted by molar-refractivity contribution is 6.30. The number of imidazole rings is 1. The van der Waals surface area contributed by atoms with Gasteiger partial charge in [-0.25, -0.2) is 4.98 Å². The average molecular weight is 488 g/mol. The van der Waals surface area contributed by atoms with E-state index in [1.54, 1.807) is 0 Å². The van der Waals surface area contributed by atoms with Crippen LogP contribution in [0.3, 0.4) is 0 Å². The number of hydrogen-bond acceptors (Lipinski definition) is 4. The lowest BCUT2D eigenvalue weighted by Crippen LogP contribution is -2.24. The minimum atomic E-state index is 0.284. The fourth-order valence-corrected chi connectivity index (χ4v) is 4.59. The summed E-state index contributed by atoms with van der Waals surface area (Å²) in [7, 11) is 0. The SMILES string of the molecule is CCCCn1c(CN(Cc2ccc(Cl)cc2)Cc2ccc3c(c2)OCO3)cnc1-c1ccccc1. The van der Waals surface area contributed by atoms with Crippen molar-refractivity contribution in [3.05, 3.63) is 101 Å². The van der Waals surface area contributed by atoms with Crippen molar-refractivity contribution in [3.63, 3.8) is 0 Å². The van der Waals surface area contributed by atoms with Crippen LogP contribution in [-0.2, 0) is 26.2 Å². The predicted octanol–water partition coefficient (Wildman–Crippen LogP) is 6.93. The standard InChI is InChI=1S/C29H30ClN3O2/c1-2-3-15-33-26(17-31-29(33)24-7-5-4-6-8-24)20-32(18-22-9-12-25(30)13-10-22)19-23-11-14-27-28(16-23)35-21-34-27/h4-14,16-17H,2-3,15,18-21H2,1H3. The zero-order valence-corrected chi connectivity index (χ0v) is 20.7. The molecule has 3 aromatic carbocycles. The molecule has 0 saturated heterocycles. The molecule has 0 spiro atoms. The Hall–Kier alpha value is -3.28. The number of rotatable bonds is 10. The van der Waals surface area contributed by atoms with E-state index in [0.717, 1.165) is 66.9 Å². The van der Waals surface area contributed by atoms with Crippen molar-refractivity contribution >= 4 is 11.6 Å². The summed E-state index contributed by atoms with van der Waals surface area (Å²) in [4.78, 5) is 7.29. The van der Waals surface area contributed by atoms with Crippen molar-refractivity contribution in [1.29, 1.82) is 0 Å². The first kappa shape index (κ1) is 23.5. The van der Waals surface area contributed by atoms with E-state index < -0.39 is 0 Å². The van der Waals surface area contributed by atoms with Gasteiger partial charge in [0.05, 0.1) is 11.9 Å². The van der Waals surface area contributed by atoms with Crippen LogP contribution in [0.15, 0.2) is 79.0 Å². The van der Waals surface area contributed by atoms with E-state index in [4.69, 9.17) is 26.1 Å². The Morgan fingerprint density at radius 2 is 1.63 bits per heavy atom. The quantitative estimate of drug-likeness (QED) is 0.243. The van der Waals surface area contributed by atoms with E-state index in [0.29, 0.717) is 0 Å². The lowest BCUT2D eigenvalue weighted by atomic mass is 10.1. The normalized spacial score (nSPS) is 12.4. The topological polar surface area (TPSA) is 39.5 Å². The Labute approximate surface area is 211 Å². The third-order valence-corrected chi connectivity index (χ3v) is 6.51. The lowest BCUT2D eigenvalue weighted by Gasteiger charge is -2.24. The molecule has 0 atom stereocenters. The van der Waals surface area contributed by atoms with Crippen molar-refractivity contribution < 1.29 is 9.47 Å². The van der Waals surface area contributed by atoms with Crippen LogP contribution in [0.5, 0.6) is 11.5 Å². The number of benzene rings is 3. The van der Waals surface area contributed by atoms with Crippen molar-refractivity contribution in [2.75, 3.05) is 6.79 Å². The summed E-state index contributed by atoms with van der Waals surface area (Å²) < 4.78 is 13.5. The Kier molecular flexibility index (Phi) is 7.36. The van der Waals surface area contributed by atoms with Crippen LogP contribution in [0.4, 0.5) is 0 Å². The molecule has 1 aliphatic heterocycles. The molecule has 0 radical (unpaired) electrons. The van der Waals surface area contributed by atoms with Gasteiger partial charge in [0.25, 0.3) is 0 Å². The largest absolute Gasteiger partial charge is 0.454 e. The Bertz CT molecular complexity index is 1250. The van der Waals surface area contributed by atoms with Crippen LogP contribution >= 0.6 is 11.6 Å². The third-order valence-electron chi connectivity index (χ3n) is 6.25. The van der Waals surface area contributed by atoms with Crippen LogP contribution < -0.4 is 9.47 Å². The van der Waals surface area contributed by atoms with E-state index in [1.165, 1.54) is 16.8 Å². The molecule has 4 aromatic rings. The number of halogens is 1. The molecule has 0 N–H and O–H groups in total. The first-order valence-corrected chi connectivity index (χ1v) is 12.5. The Morgan fingerprint density at radius 3 is 2.43 bits per heavy atom. The molecule has 0 fully saturated rings. The molecule has 0 bridgehead atoms. The molecule has 6 heteroatoms. The van der Waals surface area contributed by atoms with Crippen LogP contribution in [0.1, 0.15) is 36.6 Å². The van der Waals surface area contributed by atoms with Gasteiger partial charge in [0.15, 0.2) is 11.5 Å². The fourth-order valence-electron chi connectivity index (χ4n) is 4.46. The molecule has 1 aliphatic rings. The first-order valence-electron chi connectivity index (χ1n) is 12.1. The van der Waals surface area contributed by atoms with Gasteiger partial charge in [-0.1, -0.05) is 73.5 Å². The van der Waals surface area contributed by atoms with Crippen LogP contribution in [0.25, 0.3) is 11.4 Å². The minimum Gasteiger partial charge on any atom is -0.454 e. The van der Waals surface area contributed by atoms with Crippen LogP contribution in [0.2, 0.25) is 5.02 Å². The molecule has 5 nitrogen and oxygen atoms in total. The van der Waals surface area contributed by atoms with Gasteiger partial charge in [0.1, 0.15) is 5.82 Å². The molecule has 180 valence electrons. The highest BCUT2D eigenvalue weighted by Gasteiger charge is 2.18. The second kappa shape index (κ2) is 11.0. The van der Waals surface area contributed by atoms with Gasteiger partial charge in [-0.15, -0.1) is 0 Å². The molecule has 0 amide bonds. The highest BCUT2D eigenvalue weighted by Crippen LogP contribution is 2.33. The molecule has 0 saturated carbocycles. The number of fused-ring (bicyclic) bond motifs is 1. The van der Waals surface area contributed by atoms with Crippen molar-refractivity contribution in [1.82, 2.24) is 14.5 Å². The summed E-state index contributed by atoms with van der Waals surface area (Å²) in [6.45, 7) is 5.82. The van der Waals surface area contributed by atoms with E-state index in [-0.39, 0.29) is 6.79 Å². The summed E-state index contributed by atoms with van der Waals surface area (Å²) >= 11 is 6.14. The summed E-state index contributed by atoms with van der Waals surface area (Å²) in [6, 6.07) is 24.7. The number of hydrogen-bond donors (Lipinski definition) is 0. The maximum Gasteiger partial charge on any atom is 0.231 e. The van der Waals surface area contributed by atoms with Gasteiger partial charge < -0.3 is 14.0 Å². The first-order chi connectivity index (χ1) is 17.2. The number of nitrogens with zero attached hydrogens (tertiary/aromatic N) is 3. The summed E-state index contributed by atoms with van der Waals surface area (Å²) in [5.41, 5.74) is 4.77. The molecular weight excluding hydrogens is 458 g/mol. The maximum atomic E-state index is 6.14. The van der Waals surface area contributed by atoms with Crippen molar-refractivity contribution in [2.24, 2.45) is 0 Å². The smallest absolute Gasteiger partial charge is 0.231 e. The number of aromatic nitrogens is 2. The fraction of sp³-hybridized carbons (Fsp3) is 0.276. The zero-order valence-electron chi connectivity index (χ0n) is 20.0. The molecular formula is C29H30ClN3O2. The van der Waals surface area contributed by atoms with Gasteiger partial charge in [-0.3, -0.25) is 4.90 Å². The van der Waals surface area contributed by atoms with Gasteiger partial charge in [0, 0.05) is 36.8 Å². The van der Waals surface area contributed by atoms with Crippen molar-refractivity contribution in [2.45, 2.75) is 45.9 Å². The minimum absolute atomic E-state index is 0.284. The average Bonchev–Trinajstić information content (AvgIpc) is 3.51. The lowest BCUT2D eigenvalue weighted by molar-refractivity contribution is 0.174. The summed E-state index contributed by atoms with van der Waals surface area (Å²) in [5, 5.41) is 0.751. The highest BCUT2D eigenvalue weighted by atomic mass is 35.5. The van der Waals surface area contributed by atoms with Gasteiger partial charge >= 0.3 is 0 Å². The summed E-state index contributed by atoms with van der Waals surface area (Å²) in [6.07, 6.45) is 4.28. The second-order valence-electron chi connectivity index (χ2n) is 8.90. The van der Waals surface area contributed by atoms with E-state index >= 15 is 0 Å². The Balaban J connectivity index is 1.44.